The molecule has 1 aromatic carbocycles. The minimum Gasteiger partial charge on any atom is -0.501 e. The van der Waals surface area contributed by atoms with Crippen LogP contribution in [0.4, 0.5) is 10.1 Å². The second kappa shape index (κ2) is 7.93. The standard InChI is InChI=1S/C19H16FN5O4/c1-10(5-11-3-4-13(20)6-12(11)7-21)17-24-15(16(26)19(28)25(17)2)18(27)23-14-8-22-29-9-14/h3-4,6,8-10,26H,5H2,1-2H3,(H,23,27). The highest BCUT2D eigenvalue weighted by atomic mass is 19.1. The summed E-state index contributed by atoms with van der Waals surface area (Å²) in [5, 5.41) is 25.2. The van der Waals surface area contributed by atoms with Gasteiger partial charge in [-0.05, 0) is 24.1 Å². The molecule has 10 heteroatoms. The zero-order valence-electron chi connectivity index (χ0n) is 15.5. The van der Waals surface area contributed by atoms with Crippen LogP contribution in [0, 0.1) is 17.1 Å². The van der Waals surface area contributed by atoms with Crippen LogP contribution in [0.1, 0.15) is 40.3 Å². The first-order chi connectivity index (χ1) is 13.8. The van der Waals surface area contributed by atoms with Gasteiger partial charge in [0.25, 0.3) is 11.5 Å². The highest BCUT2D eigenvalue weighted by molar-refractivity contribution is 6.04. The molecule has 1 atom stereocenters. The van der Waals surface area contributed by atoms with Crippen molar-refractivity contribution >= 4 is 11.6 Å². The number of aromatic hydroxyl groups is 1. The molecule has 0 radical (unpaired) electrons. The van der Waals surface area contributed by atoms with Gasteiger partial charge in [0, 0.05) is 13.0 Å². The largest absolute Gasteiger partial charge is 0.501 e. The van der Waals surface area contributed by atoms with Gasteiger partial charge in [-0.1, -0.05) is 18.1 Å². The summed E-state index contributed by atoms with van der Waals surface area (Å²) in [5.41, 5.74) is -0.269. The van der Waals surface area contributed by atoms with Crippen molar-refractivity contribution in [3.05, 3.63) is 69.5 Å². The second-order valence-electron chi connectivity index (χ2n) is 6.42. The van der Waals surface area contributed by atoms with Gasteiger partial charge in [0.2, 0.25) is 5.75 Å². The van der Waals surface area contributed by atoms with Crippen molar-refractivity contribution in [2.24, 2.45) is 7.05 Å². The Bertz CT molecular complexity index is 1160. The third kappa shape index (κ3) is 3.98. The van der Waals surface area contributed by atoms with E-state index in [1.807, 2.05) is 6.07 Å². The van der Waals surface area contributed by atoms with Gasteiger partial charge >= 0.3 is 0 Å². The Labute approximate surface area is 164 Å². The Hall–Kier alpha value is -4.00. The van der Waals surface area contributed by atoms with Gasteiger partial charge < -0.3 is 14.9 Å². The van der Waals surface area contributed by atoms with E-state index in [9.17, 15) is 24.3 Å². The summed E-state index contributed by atoms with van der Waals surface area (Å²) in [5.74, 6) is -2.33. The summed E-state index contributed by atoms with van der Waals surface area (Å²) in [4.78, 5) is 29.0. The zero-order valence-corrected chi connectivity index (χ0v) is 15.5. The molecule has 1 amide bonds. The number of benzene rings is 1. The normalized spacial score (nSPS) is 11.7. The highest BCUT2D eigenvalue weighted by Crippen LogP contribution is 2.23. The van der Waals surface area contributed by atoms with Crippen molar-refractivity contribution in [2.45, 2.75) is 19.3 Å². The topological polar surface area (TPSA) is 134 Å². The maximum atomic E-state index is 13.4. The summed E-state index contributed by atoms with van der Waals surface area (Å²) < 4.78 is 19.1. The van der Waals surface area contributed by atoms with Crippen molar-refractivity contribution in [1.29, 1.82) is 5.26 Å². The van der Waals surface area contributed by atoms with Crippen LogP contribution < -0.4 is 10.9 Å². The smallest absolute Gasteiger partial charge is 0.296 e. The molecule has 2 heterocycles. The van der Waals surface area contributed by atoms with E-state index < -0.39 is 34.6 Å². The zero-order chi connectivity index (χ0) is 21.1. The minimum atomic E-state index is -0.809. The number of halogens is 1. The van der Waals surface area contributed by atoms with E-state index in [4.69, 9.17) is 0 Å². The molecule has 148 valence electrons. The number of nitrogens with zero attached hydrogens (tertiary/aromatic N) is 4. The molecule has 0 spiro atoms. The van der Waals surface area contributed by atoms with E-state index in [1.54, 1.807) is 6.92 Å². The van der Waals surface area contributed by atoms with E-state index in [-0.39, 0.29) is 23.5 Å². The van der Waals surface area contributed by atoms with Crippen LogP contribution in [0.2, 0.25) is 0 Å². The first kappa shape index (κ1) is 19.8. The summed E-state index contributed by atoms with van der Waals surface area (Å²) in [7, 11) is 1.42. The van der Waals surface area contributed by atoms with E-state index in [0.717, 1.165) is 10.6 Å². The number of anilines is 1. The first-order valence-corrected chi connectivity index (χ1v) is 8.51. The summed E-state index contributed by atoms with van der Waals surface area (Å²) >= 11 is 0. The van der Waals surface area contributed by atoms with E-state index in [0.29, 0.717) is 5.56 Å². The lowest BCUT2D eigenvalue weighted by molar-refractivity contribution is 0.101. The predicted octanol–water partition coefficient (Wildman–Crippen LogP) is 2.08. The summed E-state index contributed by atoms with van der Waals surface area (Å²) in [6, 6.07) is 5.79. The Kier molecular flexibility index (Phi) is 5.40. The lowest BCUT2D eigenvalue weighted by Gasteiger charge is -2.17. The SMILES string of the molecule is CC(Cc1ccc(F)cc1C#N)c1nc(C(=O)Nc2cnoc2)c(O)c(=O)n1C. The minimum absolute atomic E-state index is 0.172. The second-order valence-corrected chi connectivity index (χ2v) is 6.42. The van der Waals surface area contributed by atoms with E-state index >= 15 is 0 Å². The summed E-state index contributed by atoms with van der Waals surface area (Å²) in [6.45, 7) is 1.74. The summed E-state index contributed by atoms with van der Waals surface area (Å²) in [6.07, 6.45) is 2.69. The van der Waals surface area contributed by atoms with Gasteiger partial charge in [0.1, 0.15) is 23.6 Å². The van der Waals surface area contributed by atoms with Crippen LogP contribution >= 0.6 is 0 Å². The molecule has 0 fully saturated rings. The highest BCUT2D eigenvalue weighted by Gasteiger charge is 2.23. The Balaban J connectivity index is 1.97. The average Bonchev–Trinajstić information content (AvgIpc) is 3.20. The maximum Gasteiger partial charge on any atom is 0.296 e. The lowest BCUT2D eigenvalue weighted by Crippen LogP contribution is -2.28. The molecule has 0 bridgehead atoms. The van der Waals surface area contributed by atoms with Crippen LogP contribution in [0.25, 0.3) is 0 Å². The lowest BCUT2D eigenvalue weighted by atomic mass is 9.96. The quantitative estimate of drug-likeness (QED) is 0.673. The molecular formula is C19H16FN5O4. The van der Waals surface area contributed by atoms with Gasteiger partial charge in [-0.15, -0.1) is 0 Å². The molecule has 1 unspecified atom stereocenters. The molecule has 9 nitrogen and oxygen atoms in total. The fraction of sp³-hybridized carbons (Fsp3) is 0.211. The molecule has 2 aromatic heterocycles. The number of hydrogen-bond acceptors (Lipinski definition) is 7. The molecule has 0 saturated carbocycles. The number of aromatic nitrogens is 3. The van der Waals surface area contributed by atoms with Crippen molar-refractivity contribution in [1.82, 2.24) is 14.7 Å². The number of nitriles is 1. The van der Waals surface area contributed by atoms with Crippen molar-refractivity contribution in [3.8, 4) is 11.8 Å². The predicted molar refractivity (Wildman–Crippen MR) is 98.8 cm³/mol. The van der Waals surface area contributed by atoms with E-state index in [2.05, 4.69) is 20.0 Å². The van der Waals surface area contributed by atoms with Crippen LogP contribution in [0.15, 0.2) is 40.0 Å². The molecule has 0 aliphatic carbocycles. The number of nitrogens with one attached hydrogen (secondary N) is 1. The fourth-order valence-corrected chi connectivity index (χ4v) is 2.91. The van der Waals surface area contributed by atoms with E-state index in [1.165, 1.54) is 31.6 Å². The maximum absolute atomic E-state index is 13.4. The van der Waals surface area contributed by atoms with Crippen LogP contribution in [0.5, 0.6) is 5.75 Å². The Morgan fingerprint density at radius 2 is 2.24 bits per heavy atom. The molecule has 2 N–H and O–H groups in total. The Morgan fingerprint density at radius 3 is 2.90 bits per heavy atom. The third-order valence-electron chi connectivity index (χ3n) is 4.37. The molecule has 0 aliphatic heterocycles. The number of hydrogen-bond donors (Lipinski definition) is 2. The van der Waals surface area contributed by atoms with Gasteiger partial charge in [-0.3, -0.25) is 14.2 Å². The van der Waals surface area contributed by atoms with Crippen molar-refractivity contribution < 1.29 is 18.8 Å². The van der Waals surface area contributed by atoms with Crippen molar-refractivity contribution in [2.75, 3.05) is 5.32 Å². The molecule has 0 saturated heterocycles. The number of carbonyl (C=O) groups excluding carboxylic acids is 1. The molecular weight excluding hydrogens is 381 g/mol. The number of rotatable bonds is 5. The van der Waals surface area contributed by atoms with Crippen LogP contribution in [-0.4, -0.2) is 25.7 Å². The molecule has 3 aromatic rings. The van der Waals surface area contributed by atoms with Gasteiger partial charge in [0.05, 0.1) is 17.8 Å². The fourth-order valence-electron chi connectivity index (χ4n) is 2.91. The number of amides is 1. The molecule has 3 rings (SSSR count). The van der Waals surface area contributed by atoms with Crippen LogP contribution in [-0.2, 0) is 13.5 Å². The van der Waals surface area contributed by atoms with Gasteiger partial charge in [0.15, 0.2) is 5.69 Å². The van der Waals surface area contributed by atoms with Gasteiger partial charge in [-0.25, -0.2) is 9.37 Å². The number of carbonyl (C=O) groups is 1. The van der Waals surface area contributed by atoms with Crippen LogP contribution in [0.3, 0.4) is 0 Å². The molecule has 29 heavy (non-hydrogen) atoms. The average molecular weight is 397 g/mol. The van der Waals surface area contributed by atoms with Gasteiger partial charge in [-0.2, -0.15) is 5.26 Å². The monoisotopic (exact) mass is 397 g/mol. The molecule has 0 aliphatic rings. The first-order valence-electron chi connectivity index (χ1n) is 8.51. The Morgan fingerprint density at radius 1 is 1.48 bits per heavy atom. The third-order valence-corrected chi connectivity index (χ3v) is 4.37. The van der Waals surface area contributed by atoms with Crippen molar-refractivity contribution in [3.63, 3.8) is 0 Å².